The molecule has 2 aliphatic rings. The zero-order valence-corrected chi connectivity index (χ0v) is 13.8. The first-order valence-electron chi connectivity index (χ1n) is 7.60. The number of aromatic nitrogens is 2. The highest BCUT2D eigenvalue weighted by Crippen LogP contribution is 2.38. The van der Waals surface area contributed by atoms with Crippen LogP contribution in [-0.4, -0.2) is 33.1 Å². The molecule has 2 atom stereocenters. The first-order valence-corrected chi connectivity index (χ1v) is 9.40. The summed E-state index contributed by atoms with van der Waals surface area (Å²) in [5, 5.41) is 11.3. The second kappa shape index (κ2) is 5.93. The fraction of sp³-hybridized carbons (Fsp3) is 0.571. The summed E-state index contributed by atoms with van der Waals surface area (Å²) in [5.41, 5.74) is 13.5. The number of aryl methyl sites for hydroxylation is 2. The van der Waals surface area contributed by atoms with Crippen LogP contribution in [0.4, 0.5) is 5.82 Å². The molecular formula is C14H19N5OS2. The molecule has 3 heterocycles. The Morgan fingerprint density at radius 2 is 2.14 bits per heavy atom. The number of aliphatic hydroxyl groups excluding tert-OH is 1. The molecule has 22 heavy (non-hydrogen) atoms. The van der Waals surface area contributed by atoms with Gasteiger partial charge in [0, 0.05) is 23.1 Å². The Balaban J connectivity index is 1.57. The molecule has 0 saturated carbocycles. The van der Waals surface area contributed by atoms with Crippen molar-refractivity contribution < 1.29 is 5.11 Å². The number of thiophene rings is 1. The molecule has 0 amide bonds. The normalized spacial score (nSPS) is 24.8. The third-order valence-corrected chi connectivity index (χ3v) is 6.39. The van der Waals surface area contributed by atoms with Crippen LogP contribution in [-0.2, 0) is 12.8 Å². The Kier molecular flexibility index (Phi) is 3.95. The van der Waals surface area contributed by atoms with Gasteiger partial charge in [-0.1, -0.05) is 11.8 Å². The molecule has 2 unspecified atom stereocenters. The Hall–Kier alpha value is -0.930. The molecule has 2 aromatic heterocycles. The SMILES string of the molecule is Nc1nc(SCC2CC(O)NN2)nc2sc3c(c12)CCCC3. The topological polar surface area (TPSA) is 96.1 Å². The predicted octanol–water partition coefficient (Wildman–Crippen LogP) is 1.43. The summed E-state index contributed by atoms with van der Waals surface area (Å²) in [6, 6.07) is 0.220. The minimum Gasteiger partial charge on any atom is -0.383 e. The first-order chi connectivity index (χ1) is 10.7. The van der Waals surface area contributed by atoms with E-state index in [1.165, 1.54) is 23.3 Å². The van der Waals surface area contributed by atoms with Gasteiger partial charge in [0.1, 0.15) is 16.9 Å². The number of fused-ring (bicyclic) bond motifs is 3. The number of nitrogen functional groups attached to an aromatic ring is 1. The Morgan fingerprint density at radius 1 is 1.27 bits per heavy atom. The lowest BCUT2D eigenvalue weighted by molar-refractivity contribution is 0.153. The van der Waals surface area contributed by atoms with E-state index in [9.17, 15) is 5.11 Å². The van der Waals surface area contributed by atoms with Crippen LogP contribution < -0.4 is 16.6 Å². The van der Waals surface area contributed by atoms with Crippen LogP contribution in [0.2, 0.25) is 0 Å². The van der Waals surface area contributed by atoms with Crippen molar-refractivity contribution in [3.63, 3.8) is 0 Å². The molecule has 0 bridgehead atoms. The number of thioether (sulfide) groups is 1. The van der Waals surface area contributed by atoms with Gasteiger partial charge in [-0.3, -0.25) is 5.43 Å². The summed E-state index contributed by atoms with van der Waals surface area (Å²) in [5.74, 6) is 1.42. The largest absolute Gasteiger partial charge is 0.383 e. The number of hydrogen-bond donors (Lipinski definition) is 4. The number of anilines is 1. The lowest BCUT2D eigenvalue weighted by atomic mass is 9.97. The number of nitrogens with one attached hydrogen (secondary N) is 2. The van der Waals surface area contributed by atoms with Gasteiger partial charge in [-0.15, -0.1) is 11.3 Å². The number of hydrazine groups is 1. The fourth-order valence-electron chi connectivity index (χ4n) is 3.12. The van der Waals surface area contributed by atoms with Crippen molar-refractivity contribution in [2.45, 2.75) is 49.5 Å². The summed E-state index contributed by atoms with van der Waals surface area (Å²) in [7, 11) is 0. The van der Waals surface area contributed by atoms with E-state index in [2.05, 4.69) is 15.8 Å². The van der Waals surface area contributed by atoms with Crippen LogP contribution >= 0.6 is 23.1 Å². The fourth-order valence-corrected chi connectivity index (χ4v) is 5.33. The minimum atomic E-state index is -0.469. The molecule has 0 spiro atoms. The van der Waals surface area contributed by atoms with Crippen LogP contribution in [0.25, 0.3) is 10.2 Å². The molecule has 1 fully saturated rings. The number of hydrogen-bond acceptors (Lipinski definition) is 8. The van der Waals surface area contributed by atoms with E-state index in [4.69, 9.17) is 10.7 Å². The van der Waals surface area contributed by atoms with Gasteiger partial charge in [-0.2, -0.15) is 0 Å². The maximum Gasteiger partial charge on any atom is 0.190 e. The van der Waals surface area contributed by atoms with Gasteiger partial charge < -0.3 is 10.8 Å². The number of nitrogens with two attached hydrogens (primary N) is 1. The van der Waals surface area contributed by atoms with Gasteiger partial charge in [0.2, 0.25) is 0 Å². The highest BCUT2D eigenvalue weighted by Gasteiger charge is 2.23. The third kappa shape index (κ3) is 2.69. The quantitative estimate of drug-likeness (QED) is 0.497. The first kappa shape index (κ1) is 14.6. The molecule has 1 aliphatic carbocycles. The van der Waals surface area contributed by atoms with Crippen LogP contribution in [0.15, 0.2) is 5.16 Å². The standard InChI is InChI=1S/C14H19N5OS2/c15-12-11-8-3-1-2-4-9(8)22-13(11)17-14(16-12)21-6-7-5-10(20)19-18-7/h7,10,18-20H,1-6H2,(H2,15,16,17). The average molecular weight is 337 g/mol. The van der Waals surface area contributed by atoms with E-state index in [0.717, 1.165) is 34.0 Å². The van der Waals surface area contributed by atoms with E-state index in [1.54, 1.807) is 23.1 Å². The molecule has 4 rings (SSSR count). The molecule has 2 aromatic rings. The zero-order valence-electron chi connectivity index (χ0n) is 12.1. The summed E-state index contributed by atoms with van der Waals surface area (Å²) in [6.45, 7) is 0. The van der Waals surface area contributed by atoms with E-state index in [0.29, 0.717) is 12.2 Å². The van der Waals surface area contributed by atoms with Crippen molar-refractivity contribution in [1.82, 2.24) is 20.8 Å². The van der Waals surface area contributed by atoms with Gasteiger partial charge in [0.25, 0.3) is 0 Å². The maximum absolute atomic E-state index is 9.44. The van der Waals surface area contributed by atoms with E-state index >= 15 is 0 Å². The Bertz CT molecular complexity index is 704. The molecule has 6 nitrogen and oxygen atoms in total. The second-order valence-electron chi connectivity index (χ2n) is 5.83. The van der Waals surface area contributed by atoms with Crippen molar-refractivity contribution in [2.75, 3.05) is 11.5 Å². The molecule has 5 N–H and O–H groups in total. The molecule has 1 saturated heterocycles. The maximum atomic E-state index is 9.44. The summed E-state index contributed by atoms with van der Waals surface area (Å²) in [4.78, 5) is 11.7. The van der Waals surface area contributed by atoms with Gasteiger partial charge in [0.05, 0.1) is 5.39 Å². The monoisotopic (exact) mass is 337 g/mol. The smallest absolute Gasteiger partial charge is 0.190 e. The van der Waals surface area contributed by atoms with Gasteiger partial charge >= 0.3 is 0 Å². The summed E-state index contributed by atoms with van der Waals surface area (Å²) in [6.07, 6.45) is 4.97. The van der Waals surface area contributed by atoms with Crippen LogP contribution in [0.1, 0.15) is 29.7 Å². The number of rotatable bonds is 3. The van der Waals surface area contributed by atoms with Crippen molar-refractivity contribution in [2.24, 2.45) is 0 Å². The van der Waals surface area contributed by atoms with E-state index in [-0.39, 0.29) is 6.04 Å². The second-order valence-corrected chi connectivity index (χ2v) is 7.90. The lowest BCUT2D eigenvalue weighted by Gasteiger charge is -2.11. The zero-order chi connectivity index (χ0) is 15.1. The van der Waals surface area contributed by atoms with Crippen molar-refractivity contribution >= 4 is 39.1 Å². The molecule has 1 aliphatic heterocycles. The molecule has 0 aromatic carbocycles. The van der Waals surface area contributed by atoms with Crippen LogP contribution in [0.3, 0.4) is 0 Å². The van der Waals surface area contributed by atoms with E-state index < -0.39 is 6.23 Å². The van der Waals surface area contributed by atoms with Gasteiger partial charge in [0.15, 0.2) is 5.16 Å². The van der Waals surface area contributed by atoms with Crippen molar-refractivity contribution in [3.8, 4) is 0 Å². The predicted molar refractivity (Wildman–Crippen MR) is 89.9 cm³/mol. The minimum absolute atomic E-state index is 0.220. The Labute approximate surface area is 136 Å². The number of aliphatic hydroxyl groups is 1. The van der Waals surface area contributed by atoms with Crippen molar-refractivity contribution in [3.05, 3.63) is 10.4 Å². The highest BCUT2D eigenvalue weighted by molar-refractivity contribution is 7.99. The highest BCUT2D eigenvalue weighted by atomic mass is 32.2. The van der Waals surface area contributed by atoms with Crippen LogP contribution in [0, 0.1) is 0 Å². The molecular weight excluding hydrogens is 318 g/mol. The van der Waals surface area contributed by atoms with Crippen LogP contribution in [0.5, 0.6) is 0 Å². The van der Waals surface area contributed by atoms with E-state index in [1.807, 2.05) is 0 Å². The van der Waals surface area contributed by atoms with Gasteiger partial charge in [-0.05, 0) is 31.2 Å². The summed E-state index contributed by atoms with van der Waals surface area (Å²) >= 11 is 3.36. The lowest BCUT2D eigenvalue weighted by Crippen LogP contribution is -2.34. The Morgan fingerprint density at radius 3 is 2.95 bits per heavy atom. The molecule has 0 radical (unpaired) electrons. The van der Waals surface area contributed by atoms with Gasteiger partial charge in [-0.25, -0.2) is 15.4 Å². The molecule has 118 valence electrons. The number of nitrogens with zero attached hydrogens (tertiary/aromatic N) is 2. The average Bonchev–Trinajstić information content (AvgIpc) is 3.08. The summed E-state index contributed by atoms with van der Waals surface area (Å²) < 4.78 is 0. The van der Waals surface area contributed by atoms with Crippen molar-refractivity contribution in [1.29, 1.82) is 0 Å². The third-order valence-electron chi connectivity index (χ3n) is 4.20. The molecule has 8 heteroatoms.